The van der Waals surface area contributed by atoms with Crippen LogP contribution in [0, 0.1) is 5.92 Å². The second-order valence-electron chi connectivity index (χ2n) is 5.28. The lowest BCUT2D eigenvalue weighted by molar-refractivity contribution is 0.0994. The zero-order chi connectivity index (χ0) is 13.1. The van der Waals surface area contributed by atoms with E-state index in [1.807, 2.05) is 18.8 Å². The highest BCUT2D eigenvalue weighted by Crippen LogP contribution is 2.33. The summed E-state index contributed by atoms with van der Waals surface area (Å²) in [5, 5.41) is 7.98. The summed E-state index contributed by atoms with van der Waals surface area (Å²) in [6, 6.07) is 0. The van der Waals surface area contributed by atoms with E-state index in [1.54, 1.807) is 0 Å². The minimum Gasteiger partial charge on any atom is -0.364 e. The maximum absolute atomic E-state index is 11.3. The maximum Gasteiger partial charge on any atom is 0.271 e. The largest absolute Gasteiger partial charge is 0.364 e. The van der Waals surface area contributed by atoms with Gasteiger partial charge in [0.25, 0.3) is 5.91 Å². The molecule has 0 bridgehead atoms. The SMILES string of the molecule is CN(C)CCCn1nnc(C(N)=O)c1CC1CC1. The van der Waals surface area contributed by atoms with Gasteiger partial charge in [-0.15, -0.1) is 5.10 Å². The van der Waals surface area contributed by atoms with Crippen molar-refractivity contribution in [3.63, 3.8) is 0 Å². The number of nitrogens with two attached hydrogens (primary N) is 1. The number of primary amides is 1. The predicted molar refractivity (Wildman–Crippen MR) is 68.1 cm³/mol. The lowest BCUT2D eigenvalue weighted by atomic mass is 10.1. The average Bonchev–Trinajstić information content (AvgIpc) is 3.00. The highest BCUT2D eigenvalue weighted by atomic mass is 16.1. The van der Waals surface area contributed by atoms with Crippen molar-refractivity contribution >= 4 is 5.91 Å². The van der Waals surface area contributed by atoms with Crippen LogP contribution in [-0.2, 0) is 13.0 Å². The Morgan fingerprint density at radius 1 is 1.50 bits per heavy atom. The Morgan fingerprint density at radius 2 is 2.22 bits per heavy atom. The van der Waals surface area contributed by atoms with Crippen LogP contribution in [0.25, 0.3) is 0 Å². The van der Waals surface area contributed by atoms with Gasteiger partial charge in [0, 0.05) is 6.54 Å². The van der Waals surface area contributed by atoms with Crippen LogP contribution >= 0.6 is 0 Å². The van der Waals surface area contributed by atoms with Gasteiger partial charge in [-0.1, -0.05) is 5.21 Å². The van der Waals surface area contributed by atoms with Gasteiger partial charge in [-0.25, -0.2) is 4.68 Å². The third kappa shape index (κ3) is 3.29. The van der Waals surface area contributed by atoms with Gasteiger partial charge in [0.1, 0.15) is 0 Å². The van der Waals surface area contributed by atoms with Crippen LogP contribution in [0.1, 0.15) is 35.4 Å². The molecule has 2 N–H and O–H groups in total. The maximum atomic E-state index is 11.3. The number of hydrogen-bond acceptors (Lipinski definition) is 4. The number of carbonyl (C=O) groups excluding carboxylic acids is 1. The van der Waals surface area contributed by atoms with Crippen LogP contribution in [0.5, 0.6) is 0 Å². The fourth-order valence-electron chi connectivity index (χ4n) is 2.04. The molecule has 0 unspecified atom stereocenters. The molecular weight excluding hydrogens is 230 g/mol. The molecule has 1 aliphatic rings. The van der Waals surface area contributed by atoms with Crippen molar-refractivity contribution in [2.45, 2.75) is 32.2 Å². The first-order valence-electron chi connectivity index (χ1n) is 6.45. The molecule has 6 nitrogen and oxygen atoms in total. The van der Waals surface area contributed by atoms with Gasteiger partial charge in [-0.05, 0) is 52.2 Å². The average molecular weight is 251 g/mol. The number of amides is 1. The molecule has 1 aromatic rings. The Kier molecular flexibility index (Phi) is 3.96. The molecule has 0 aliphatic heterocycles. The summed E-state index contributed by atoms with van der Waals surface area (Å²) in [4.78, 5) is 13.4. The zero-order valence-electron chi connectivity index (χ0n) is 11.1. The molecule has 0 radical (unpaired) electrons. The molecule has 100 valence electrons. The molecule has 0 saturated heterocycles. The summed E-state index contributed by atoms with van der Waals surface area (Å²) < 4.78 is 1.85. The molecule has 0 atom stereocenters. The third-order valence-electron chi connectivity index (χ3n) is 3.23. The van der Waals surface area contributed by atoms with Crippen LogP contribution in [0.15, 0.2) is 0 Å². The molecule has 1 aliphatic carbocycles. The Hall–Kier alpha value is -1.43. The van der Waals surface area contributed by atoms with Crippen molar-refractivity contribution in [3.05, 3.63) is 11.4 Å². The Labute approximate surface area is 107 Å². The van der Waals surface area contributed by atoms with Crippen LogP contribution in [0.2, 0.25) is 0 Å². The summed E-state index contributed by atoms with van der Waals surface area (Å²) in [6.07, 6.45) is 4.35. The van der Waals surface area contributed by atoms with E-state index in [4.69, 9.17) is 5.73 Å². The van der Waals surface area contributed by atoms with E-state index in [0.29, 0.717) is 11.6 Å². The van der Waals surface area contributed by atoms with E-state index in [0.717, 1.165) is 31.6 Å². The van der Waals surface area contributed by atoms with Crippen molar-refractivity contribution in [2.75, 3.05) is 20.6 Å². The van der Waals surface area contributed by atoms with Crippen molar-refractivity contribution in [3.8, 4) is 0 Å². The molecule has 0 spiro atoms. The molecule has 6 heteroatoms. The first kappa shape index (κ1) is 13.0. The fourth-order valence-corrected chi connectivity index (χ4v) is 2.04. The molecular formula is C12H21N5O. The van der Waals surface area contributed by atoms with Gasteiger partial charge in [-0.3, -0.25) is 4.79 Å². The Bertz CT molecular complexity index is 422. The van der Waals surface area contributed by atoms with Crippen LogP contribution in [0.4, 0.5) is 0 Å². The Balaban J connectivity index is 2.05. The quantitative estimate of drug-likeness (QED) is 0.755. The highest BCUT2D eigenvalue weighted by Gasteiger charge is 2.27. The number of carbonyl (C=O) groups is 1. The summed E-state index contributed by atoms with van der Waals surface area (Å²) in [7, 11) is 4.09. The number of nitrogens with zero attached hydrogens (tertiary/aromatic N) is 4. The van der Waals surface area contributed by atoms with Gasteiger partial charge in [-0.2, -0.15) is 0 Å². The van der Waals surface area contributed by atoms with Crippen LogP contribution in [-0.4, -0.2) is 46.4 Å². The molecule has 1 aromatic heterocycles. The van der Waals surface area contributed by atoms with Crippen molar-refractivity contribution < 1.29 is 4.79 Å². The van der Waals surface area contributed by atoms with Crippen molar-refractivity contribution in [1.29, 1.82) is 0 Å². The molecule has 1 amide bonds. The van der Waals surface area contributed by atoms with Crippen LogP contribution < -0.4 is 5.73 Å². The zero-order valence-corrected chi connectivity index (χ0v) is 11.1. The standard InChI is InChI=1S/C12H21N5O/c1-16(2)6-3-7-17-10(8-9-4-5-9)11(12(13)18)14-15-17/h9H,3-8H2,1-2H3,(H2,13,18). The van der Waals surface area contributed by atoms with Gasteiger partial charge in [0.05, 0.1) is 5.69 Å². The molecule has 2 rings (SSSR count). The number of aryl methyl sites for hydroxylation is 1. The summed E-state index contributed by atoms with van der Waals surface area (Å²) in [6.45, 7) is 1.79. The molecule has 1 saturated carbocycles. The Morgan fingerprint density at radius 3 is 2.78 bits per heavy atom. The first-order valence-corrected chi connectivity index (χ1v) is 6.45. The topological polar surface area (TPSA) is 77.0 Å². The van der Waals surface area contributed by atoms with Gasteiger partial charge in [0.2, 0.25) is 0 Å². The fraction of sp³-hybridized carbons (Fsp3) is 0.750. The second kappa shape index (κ2) is 5.48. The van der Waals surface area contributed by atoms with Gasteiger partial charge < -0.3 is 10.6 Å². The minimum absolute atomic E-state index is 0.353. The molecule has 0 aromatic carbocycles. The lowest BCUT2D eigenvalue weighted by Gasteiger charge is -2.10. The minimum atomic E-state index is -0.468. The van der Waals surface area contributed by atoms with E-state index >= 15 is 0 Å². The van der Waals surface area contributed by atoms with Crippen molar-refractivity contribution in [2.24, 2.45) is 11.7 Å². The lowest BCUT2D eigenvalue weighted by Crippen LogP contribution is -2.18. The van der Waals surface area contributed by atoms with Crippen molar-refractivity contribution in [1.82, 2.24) is 19.9 Å². The van der Waals surface area contributed by atoms with E-state index in [2.05, 4.69) is 15.2 Å². The van der Waals surface area contributed by atoms with Gasteiger partial charge in [0.15, 0.2) is 5.69 Å². The summed E-state index contributed by atoms with van der Waals surface area (Å²) in [5.41, 5.74) is 6.61. The molecule has 1 heterocycles. The van der Waals surface area contributed by atoms with E-state index in [1.165, 1.54) is 12.8 Å². The number of rotatable bonds is 7. The second-order valence-corrected chi connectivity index (χ2v) is 5.28. The smallest absolute Gasteiger partial charge is 0.271 e. The number of aromatic nitrogens is 3. The number of hydrogen-bond donors (Lipinski definition) is 1. The summed E-state index contributed by atoms with van der Waals surface area (Å²) >= 11 is 0. The first-order chi connectivity index (χ1) is 8.58. The predicted octanol–water partition coefficient (Wildman–Crippen LogP) is 0.281. The van der Waals surface area contributed by atoms with E-state index in [9.17, 15) is 4.79 Å². The van der Waals surface area contributed by atoms with E-state index in [-0.39, 0.29) is 0 Å². The normalized spacial score (nSPS) is 15.3. The van der Waals surface area contributed by atoms with Crippen LogP contribution in [0.3, 0.4) is 0 Å². The molecule has 1 fully saturated rings. The monoisotopic (exact) mass is 251 g/mol. The highest BCUT2D eigenvalue weighted by molar-refractivity contribution is 5.91. The molecule has 18 heavy (non-hydrogen) atoms. The van der Waals surface area contributed by atoms with Gasteiger partial charge >= 0.3 is 0 Å². The van der Waals surface area contributed by atoms with E-state index < -0.39 is 5.91 Å². The third-order valence-corrected chi connectivity index (χ3v) is 3.23. The summed E-state index contributed by atoms with van der Waals surface area (Å²) in [5.74, 6) is 0.221.